The van der Waals surface area contributed by atoms with Crippen molar-refractivity contribution in [2.75, 3.05) is 46.1 Å². The second-order valence-electron chi connectivity index (χ2n) is 3.68. The number of morpholine rings is 1. The van der Waals surface area contributed by atoms with E-state index in [2.05, 4.69) is 4.90 Å². The summed E-state index contributed by atoms with van der Waals surface area (Å²) in [6.45, 7) is 8.46. The van der Waals surface area contributed by atoms with Gasteiger partial charge < -0.3 is 14.2 Å². The van der Waals surface area contributed by atoms with E-state index < -0.39 is 0 Å². The van der Waals surface area contributed by atoms with E-state index in [1.54, 1.807) is 6.92 Å². The van der Waals surface area contributed by atoms with Crippen LogP contribution in [0.15, 0.2) is 11.8 Å². The highest BCUT2D eigenvalue weighted by atomic mass is 16.5. The third kappa shape index (κ3) is 5.70. The molecule has 0 N–H and O–H groups in total. The molecule has 0 radical (unpaired) electrons. The summed E-state index contributed by atoms with van der Waals surface area (Å²) < 4.78 is 15.6. The molecule has 1 heterocycles. The number of ether oxygens (including phenoxy) is 3. The highest BCUT2D eigenvalue weighted by Gasteiger charge is 2.13. The van der Waals surface area contributed by atoms with Crippen molar-refractivity contribution in [1.82, 2.24) is 4.90 Å². The third-order valence-corrected chi connectivity index (χ3v) is 2.38. The smallest absolute Gasteiger partial charge is 0.334 e. The zero-order chi connectivity index (χ0) is 12.5. The van der Waals surface area contributed by atoms with Crippen LogP contribution in [0.1, 0.15) is 13.8 Å². The Bertz CT molecular complexity index is 259. The molecule has 1 saturated heterocycles. The average Bonchev–Trinajstić information content (AvgIpc) is 2.31. The van der Waals surface area contributed by atoms with Gasteiger partial charge in [0.15, 0.2) is 0 Å². The first-order chi connectivity index (χ1) is 8.26. The summed E-state index contributed by atoms with van der Waals surface area (Å²) in [4.78, 5) is 13.5. The predicted octanol–water partition coefficient (Wildman–Crippen LogP) is 0.802. The van der Waals surface area contributed by atoms with Crippen LogP contribution in [0.3, 0.4) is 0 Å². The Morgan fingerprint density at radius 3 is 2.47 bits per heavy atom. The van der Waals surface area contributed by atoms with Crippen LogP contribution in [0, 0.1) is 0 Å². The maximum Gasteiger partial charge on any atom is 0.334 e. The van der Waals surface area contributed by atoms with Crippen LogP contribution < -0.4 is 0 Å². The van der Waals surface area contributed by atoms with Crippen LogP contribution in [0.4, 0.5) is 0 Å². The highest BCUT2D eigenvalue weighted by molar-refractivity contribution is 5.82. The van der Waals surface area contributed by atoms with E-state index in [4.69, 9.17) is 14.2 Å². The molecule has 0 unspecified atom stereocenters. The van der Waals surface area contributed by atoms with E-state index in [9.17, 15) is 4.79 Å². The van der Waals surface area contributed by atoms with Crippen LogP contribution in [0.5, 0.6) is 0 Å². The van der Waals surface area contributed by atoms with Crippen LogP contribution in [0.2, 0.25) is 0 Å². The Balaban J connectivity index is 2.48. The van der Waals surface area contributed by atoms with Gasteiger partial charge in [-0.05, 0) is 13.8 Å². The molecule has 0 saturated carbocycles. The van der Waals surface area contributed by atoms with Gasteiger partial charge in [-0.3, -0.25) is 4.90 Å². The van der Waals surface area contributed by atoms with Gasteiger partial charge in [-0.25, -0.2) is 4.79 Å². The fourth-order valence-electron chi connectivity index (χ4n) is 1.61. The molecule has 0 amide bonds. The van der Waals surface area contributed by atoms with Gasteiger partial charge in [0.1, 0.15) is 5.76 Å². The maximum atomic E-state index is 11.3. The molecule has 0 aromatic rings. The molecule has 98 valence electrons. The molecule has 5 nitrogen and oxygen atoms in total. The lowest BCUT2D eigenvalue weighted by Crippen LogP contribution is -2.37. The summed E-state index contributed by atoms with van der Waals surface area (Å²) >= 11 is 0. The van der Waals surface area contributed by atoms with Gasteiger partial charge >= 0.3 is 5.97 Å². The van der Waals surface area contributed by atoms with E-state index in [0.29, 0.717) is 25.5 Å². The van der Waals surface area contributed by atoms with Gasteiger partial charge in [0.2, 0.25) is 0 Å². The number of rotatable bonds is 6. The van der Waals surface area contributed by atoms with E-state index >= 15 is 0 Å². The largest absolute Gasteiger partial charge is 0.497 e. The summed E-state index contributed by atoms with van der Waals surface area (Å²) in [5, 5.41) is 0. The standard InChI is InChI=1S/C12H21NO4/c1-3-16-11(9-12(14)17-4-2)10-13-5-7-15-8-6-13/h9H,3-8,10H2,1-2H3. The Morgan fingerprint density at radius 2 is 1.88 bits per heavy atom. The van der Waals surface area contributed by atoms with Crippen molar-refractivity contribution in [2.24, 2.45) is 0 Å². The van der Waals surface area contributed by atoms with Gasteiger partial charge in [-0.15, -0.1) is 0 Å². The molecule has 1 aliphatic rings. The predicted molar refractivity (Wildman–Crippen MR) is 63.6 cm³/mol. The minimum Gasteiger partial charge on any atom is -0.497 e. The Hall–Kier alpha value is -1.07. The quantitative estimate of drug-likeness (QED) is 0.392. The number of hydrogen-bond donors (Lipinski definition) is 0. The topological polar surface area (TPSA) is 48.0 Å². The highest BCUT2D eigenvalue weighted by Crippen LogP contribution is 2.05. The second kappa shape index (κ2) is 8.08. The monoisotopic (exact) mass is 243 g/mol. The molecule has 0 spiro atoms. The van der Waals surface area contributed by atoms with Crippen LogP contribution in [0.25, 0.3) is 0 Å². The number of carbonyl (C=O) groups is 1. The first-order valence-corrected chi connectivity index (χ1v) is 6.06. The average molecular weight is 243 g/mol. The molecule has 1 rings (SSSR count). The number of esters is 1. The van der Waals surface area contributed by atoms with E-state index in [1.165, 1.54) is 6.08 Å². The maximum absolute atomic E-state index is 11.3. The summed E-state index contributed by atoms with van der Waals surface area (Å²) in [6, 6.07) is 0. The lowest BCUT2D eigenvalue weighted by atomic mass is 10.3. The second-order valence-corrected chi connectivity index (χ2v) is 3.68. The van der Waals surface area contributed by atoms with E-state index in [-0.39, 0.29) is 5.97 Å². The number of nitrogens with zero attached hydrogens (tertiary/aromatic N) is 1. The van der Waals surface area contributed by atoms with Gasteiger partial charge in [0.05, 0.1) is 39.0 Å². The molecule has 1 fully saturated rings. The van der Waals surface area contributed by atoms with Gasteiger partial charge in [0.25, 0.3) is 0 Å². The van der Waals surface area contributed by atoms with Gasteiger partial charge in [0, 0.05) is 13.1 Å². The molecule has 0 atom stereocenters. The first-order valence-electron chi connectivity index (χ1n) is 6.06. The summed E-state index contributed by atoms with van der Waals surface area (Å²) in [5.41, 5.74) is 0. The Kier molecular flexibility index (Phi) is 6.65. The van der Waals surface area contributed by atoms with Crippen molar-refractivity contribution < 1.29 is 19.0 Å². The molecular formula is C12H21NO4. The molecule has 0 aromatic carbocycles. The molecule has 1 aliphatic heterocycles. The molecule has 0 aliphatic carbocycles. The number of carbonyl (C=O) groups excluding carboxylic acids is 1. The Morgan fingerprint density at radius 1 is 1.24 bits per heavy atom. The van der Waals surface area contributed by atoms with Crippen molar-refractivity contribution in [3.8, 4) is 0 Å². The zero-order valence-electron chi connectivity index (χ0n) is 10.6. The fourth-order valence-corrected chi connectivity index (χ4v) is 1.61. The normalized spacial score (nSPS) is 17.9. The lowest BCUT2D eigenvalue weighted by Gasteiger charge is -2.27. The summed E-state index contributed by atoms with van der Waals surface area (Å²) in [7, 11) is 0. The summed E-state index contributed by atoms with van der Waals surface area (Å²) in [6.07, 6.45) is 1.43. The van der Waals surface area contributed by atoms with Crippen LogP contribution in [-0.4, -0.2) is 56.9 Å². The Labute approximate surface area is 102 Å². The van der Waals surface area contributed by atoms with Crippen LogP contribution in [-0.2, 0) is 19.0 Å². The van der Waals surface area contributed by atoms with Crippen molar-refractivity contribution in [3.63, 3.8) is 0 Å². The molecule has 0 aromatic heterocycles. The summed E-state index contributed by atoms with van der Waals surface area (Å²) in [5.74, 6) is 0.317. The lowest BCUT2D eigenvalue weighted by molar-refractivity contribution is -0.137. The molecule has 5 heteroatoms. The minimum atomic E-state index is -0.343. The van der Waals surface area contributed by atoms with Crippen molar-refractivity contribution in [3.05, 3.63) is 11.8 Å². The van der Waals surface area contributed by atoms with E-state index in [0.717, 1.165) is 26.3 Å². The molecule has 0 bridgehead atoms. The van der Waals surface area contributed by atoms with E-state index in [1.807, 2.05) is 6.92 Å². The third-order valence-electron chi connectivity index (χ3n) is 2.38. The van der Waals surface area contributed by atoms with Gasteiger partial charge in [-0.1, -0.05) is 0 Å². The fraction of sp³-hybridized carbons (Fsp3) is 0.750. The zero-order valence-corrected chi connectivity index (χ0v) is 10.6. The molecular weight excluding hydrogens is 222 g/mol. The number of hydrogen-bond acceptors (Lipinski definition) is 5. The van der Waals surface area contributed by atoms with Crippen molar-refractivity contribution in [1.29, 1.82) is 0 Å². The van der Waals surface area contributed by atoms with Crippen molar-refractivity contribution in [2.45, 2.75) is 13.8 Å². The van der Waals surface area contributed by atoms with Crippen LogP contribution >= 0.6 is 0 Å². The van der Waals surface area contributed by atoms with Gasteiger partial charge in [-0.2, -0.15) is 0 Å². The first kappa shape index (κ1) is 14.0. The minimum absolute atomic E-state index is 0.343. The SMILES string of the molecule is CCOC(=O)C=C(CN1CCOCC1)OCC. The van der Waals surface area contributed by atoms with Crippen molar-refractivity contribution >= 4 is 5.97 Å². The molecule has 17 heavy (non-hydrogen) atoms.